The zero-order valence-corrected chi connectivity index (χ0v) is 17.7. The van der Waals surface area contributed by atoms with Gasteiger partial charge in [-0.1, -0.05) is 79.1 Å². The molecule has 0 unspecified atom stereocenters. The molecule has 2 aromatic rings. The van der Waals surface area contributed by atoms with Crippen molar-refractivity contribution in [3.05, 3.63) is 70.2 Å². The lowest BCUT2D eigenvalue weighted by atomic mass is 9.84. The first-order valence-electron chi connectivity index (χ1n) is 9.73. The van der Waals surface area contributed by atoms with Crippen LogP contribution in [0, 0.1) is 11.8 Å². The zero-order valence-electron chi connectivity index (χ0n) is 16.1. The molecule has 0 N–H and O–H groups in total. The quantitative estimate of drug-likeness (QED) is 0.528. The molecule has 144 valence electrons. The Bertz CT molecular complexity index is 755. The molecule has 0 atom stereocenters. The maximum Gasteiger partial charge on any atom is 0.0602 e. The summed E-state index contributed by atoms with van der Waals surface area (Å²) in [5, 5.41) is 0.890. The van der Waals surface area contributed by atoms with Crippen molar-refractivity contribution in [2.75, 3.05) is 20.1 Å². The molecule has 0 aliphatic heterocycles. The van der Waals surface area contributed by atoms with Crippen LogP contribution in [0.15, 0.2) is 48.5 Å². The van der Waals surface area contributed by atoms with E-state index in [0.717, 1.165) is 30.1 Å². The van der Waals surface area contributed by atoms with E-state index in [1.807, 2.05) is 6.07 Å². The van der Waals surface area contributed by atoms with Gasteiger partial charge in [-0.05, 0) is 55.5 Å². The van der Waals surface area contributed by atoms with Gasteiger partial charge in [-0.3, -0.25) is 4.90 Å². The standard InChI is InChI=1S/C24H28ClN.ClH/c1-26(18-16-20-9-4-2-5-10-20)17-8-11-21-14-15-23(24(25)19-21)22-12-6-3-7-13-22;/h2,4-5,9-10,14-15,19,22H,3,6-7,12-13,16-18H2,1H3;1H. The lowest BCUT2D eigenvalue weighted by Crippen LogP contribution is -2.21. The number of benzene rings is 2. The van der Waals surface area contributed by atoms with Gasteiger partial charge in [0, 0.05) is 17.1 Å². The van der Waals surface area contributed by atoms with Crippen LogP contribution in [0.25, 0.3) is 0 Å². The molecule has 0 amide bonds. The Morgan fingerprint density at radius 1 is 1.04 bits per heavy atom. The van der Waals surface area contributed by atoms with Crippen LogP contribution in [0.1, 0.15) is 54.7 Å². The lowest BCUT2D eigenvalue weighted by Gasteiger charge is -2.22. The summed E-state index contributed by atoms with van der Waals surface area (Å²) >= 11 is 6.54. The predicted molar refractivity (Wildman–Crippen MR) is 119 cm³/mol. The Morgan fingerprint density at radius 3 is 2.48 bits per heavy atom. The van der Waals surface area contributed by atoms with Gasteiger partial charge in [0.15, 0.2) is 0 Å². The smallest absolute Gasteiger partial charge is 0.0602 e. The highest BCUT2D eigenvalue weighted by atomic mass is 35.5. The van der Waals surface area contributed by atoms with E-state index in [0.29, 0.717) is 5.92 Å². The minimum atomic E-state index is 0. The van der Waals surface area contributed by atoms with Gasteiger partial charge in [-0.15, -0.1) is 12.4 Å². The Balaban J connectivity index is 0.00000261. The van der Waals surface area contributed by atoms with Crippen molar-refractivity contribution in [1.29, 1.82) is 0 Å². The summed E-state index contributed by atoms with van der Waals surface area (Å²) in [7, 11) is 2.12. The largest absolute Gasteiger partial charge is 0.295 e. The van der Waals surface area contributed by atoms with E-state index in [2.05, 4.69) is 66.3 Å². The summed E-state index contributed by atoms with van der Waals surface area (Å²) in [5.74, 6) is 7.19. The fraction of sp³-hybridized carbons (Fsp3) is 0.417. The zero-order chi connectivity index (χ0) is 18.2. The number of hydrogen-bond donors (Lipinski definition) is 0. The predicted octanol–water partition coefficient (Wildman–Crippen LogP) is 6.34. The van der Waals surface area contributed by atoms with Gasteiger partial charge < -0.3 is 0 Å². The summed E-state index contributed by atoms with van der Waals surface area (Å²) < 4.78 is 0. The molecule has 1 saturated carbocycles. The van der Waals surface area contributed by atoms with Crippen LogP contribution in [0.3, 0.4) is 0 Å². The van der Waals surface area contributed by atoms with Gasteiger partial charge in [0.05, 0.1) is 6.54 Å². The molecule has 27 heavy (non-hydrogen) atoms. The van der Waals surface area contributed by atoms with Gasteiger partial charge in [0.1, 0.15) is 0 Å². The van der Waals surface area contributed by atoms with Crippen LogP contribution in [0.2, 0.25) is 5.02 Å². The highest BCUT2D eigenvalue weighted by molar-refractivity contribution is 6.31. The second-order valence-electron chi connectivity index (χ2n) is 7.35. The van der Waals surface area contributed by atoms with Crippen molar-refractivity contribution < 1.29 is 0 Å². The van der Waals surface area contributed by atoms with E-state index in [4.69, 9.17) is 11.6 Å². The molecule has 0 saturated heterocycles. The minimum Gasteiger partial charge on any atom is -0.295 e. The monoisotopic (exact) mass is 401 g/mol. The third kappa shape index (κ3) is 6.89. The maximum atomic E-state index is 6.54. The second-order valence-corrected chi connectivity index (χ2v) is 7.75. The molecule has 3 rings (SSSR count). The number of hydrogen-bond acceptors (Lipinski definition) is 1. The minimum absolute atomic E-state index is 0. The van der Waals surface area contributed by atoms with Crippen LogP contribution in [0.4, 0.5) is 0 Å². The molecule has 0 bridgehead atoms. The van der Waals surface area contributed by atoms with E-state index >= 15 is 0 Å². The third-order valence-electron chi connectivity index (χ3n) is 5.25. The Morgan fingerprint density at radius 2 is 1.78 bits per heavy atom. The van der Waals surface area contributed by atoms with Crippen molar-refractivity contribution in [2.45, 2.75) is 44.4 Å². The van der Waals surface area contributed by atoms with Gasteiger partial charge in [-0.25, -0.2) is 0 Å². The van der Waals surface area contributed by atoms with Crippen LogP contribution in [0.5, 0.6) is 0 Å². The van der Waals surface area contributed by atoms with Crippen molar-refractivity contribution >= 4 is 24.0 Å². The van der Waals surface area contributed by atoms with Crippen LogP contribution in [-0.2, 0) is 6.42 Å². The van der Waals surface area contributed by atoms with E-state index in [9.17, 15) is 0 Å². The fourth-order valence-corrected chi connectivity index (χ4v) is 4.00. The summed E-state index contributed by atoms with van der Waals surface area (Å²) in [6, 6.07) is 17.0. The Hall–Kier alpha value is -1.46. The highest BCUT2D eigenvalue weighted by Crippen LogP contribution is 2.36. The van der Waals surface area contributed by atoms with Crippen molar-refractivity contribution in [1.82, 2.24) is 4.90 Å². The van der Waals surface area contributed by atoms with Crippen LogP contribution in [-0.4, -0.2) is 25.0 Å². The van der Waals surface area contributed by atoms with E-state index < -0.39 is 0 Å². The SMILES string of the molecule is CN(CC#Cc1ccc(C2CCCCC2)c(Cl)c1)CCc1ccccc1.Cl. The Labute approximate surface area is 175 Å². The first-order chi connectivity index (χ1) is 12.7. The molecule has 1 fully saturated rings. The molecule has 1 aliphatic carbocycles. The summed E-state index contributed by atoms with van der Waals surface area (Å²) in [5.41, 5.74) is 3.71. The van der Waals surface area contributed by atoms with Gasteiger partial charge >= 0.3 is 0 Å². The molecule has 1 nitrogen and oxygen atoms in total. The van der Waals surface area contributed by atoms with Crippen LogP contribution >= 0.6 is 24.0 Å². The molecule has 0 spiro atoms. The van der Waals surface area contributed by atoms with E-state index in [-0.39, 0.29) is 12.4 Å². The van der Waals surface area contributed by atoms with Crippen molar-refractivity contribution in [3.63, 3.8) is 0 Å². The molecular formula is C24H29Cl2N. The summed E-state index contributed by atoms with van der Waals surface area (Å²) in [6.45, 7) is 1.79. The third-order valence-corrected chi connectivity index (χ3v) is 5.58. The second kappa shape index (κ2) is 11.4. The van der Waals surface area contributed by atoms with Gasteiger partial charge in [0.25, 0.3) is 0 Å². The van der Waals surface area contributed by atoms with Crippen molar-refractivity contribution in [3.8, 4) is 11.8 Å². The molecule has 0 heterocycles. The van der Waals surface area contributed by atoms with E-state index in [1.54, 1.807) is 0 Å². The van der Waals surface area contributed by atoms with Crippen LogP contribution < -0.4 is 0 Å². The Kier molecular flexibility index (Phi) is 9.22. The molecule has 2 aromatic carbocycles. The average molecular weight is 402 g/mol. The molecule has 3 heteroatoms. The lowest BCUT2D eigenvalue weighted by molar-refractivity contribution is 0.381. The van der Waals surface area contributed by atoms with E-state index in [1.165, 1.54) is 43.2 Å². The maximum absolute atomic E-state index is 6.54. The first-order valence-corrected chi connectivity index (χ1v) is 10.1. The average Bonchev–Trinajstić information content (AvgIpc) is 2.68. The topological polar surface area (TPSA) is 3.24 Å². The molecule has 0 aromatic heterocycles. The number of likely N-dealkylation sites (N-methyl/N-ethyl adjacent to an activating group) is 1. The van der Waals surface area contributed by atoms with Gasteiger partial charge in [0.2, 0.25) is 0 Å². The van der Waals surface area contributed by atoms with Crippen molar-refractivity contribution in [2.24, 2.45) is 0 Å². The highest BCUT2D eigenvalue weighted by Gasteiger charge is 2.17. The summed E-state index contributed by atoms with van der Waals surface area (Å²) in [4.78, 5) is 2.26. The normalized spacial score (nSPS) is 14.3. The number of nitrogens with zero attached hydrogens (tertiary/aromatic N) is 1. The fourth-order valence-electron chi connectivity index (χ4n) is 3.67. The molecule has 0 radical (unpaired) electrons. The molecule has 1 aliphatic rings. The first kappa shape index (κ1) is 21.8. The number of rotatable bonds is 5. The number of halogens is 2. The molecular weight excluding hydrogens is 373 g/mol. The van der Waals surface area contributed by atoms with Gasteiger partial charge in [-0.2, -0.15) is 0 Å². The summed E-state index contributed by atoms with van der Waals surface area (Å²) in [6.07, 6.45) is 7.64.